The lowest BCUT2D eigenvalue weighted by Crippen LogP contribution is -2.53. The molecular weight excluding hydrogens is 724 g/mol. The molecule has 7 rings (SSSR count). The molecule has 2 N–H and O–H groups in total. The number of aromatic hydroxyl groups is 1. The van der Waals surface area contributed by atoms with Crippen LogP contribution in [0.5, 0.6) is 11.5 Å². The molecule has 1 aromatic heterocycles. The van der Waals surface area contributed by atoms with Gasteiger partial charge in [0.1, 0.15) is 11.5 Å². The summed E-state index contributed by atoms with van der Waals surface area (Å²) in [6.45, 7) is 5.30. The highest BCUT2D eigenvalue weighted by atomic mass is 35.5. The van der Waals surface area contributed by atoms with Gasteiger partial charge in [0.05, 0.1) is 40.9 Å². The summed E-state index contributed by atoms with van der Waals surface area (Å²) in [6.07, 6.45) is -2.25. The number of carbonyl (C=O) groups excluding carboxylic acids is 4. The Labute approximate surface area is 306 Å². The van der Waals surface area contributed by atoms with E-state index in [1.54, 1.807) is 57.2 Å². The summed E-state index contributed by atoms with van der Waals surface area (Å²) < 4.78 is 45.6. The van der Waals surface area contributed by atoms with Crippen LogP contribution in [0.15, 0.2) is 66.4 Å². The molecule has 3 fully saturated rings. The van der Waals surface area contributed by atoms with Gasteiger partial charge in [0.15, 0.2) is 5.82 Å². The number of rotatable bonds is 5. The first-order valence-electron chi connectivity index (χ1n) is 16.5. The van der Waals surface area contributed by atoms with Gasteiger partial charge in [-0.25, -0.2) is 4.98 Å². The highest BCUT2D eigenvalue weighted by Crippen LogP contribution is 2.65. The summed E-state index contributed by atoms with van der Waals surface area (Å²) in [6, 6.07) is 11.5. The number of hydrogen-bond donors (Lipinski definition) is 2. The van der Waals surface area contributed by atoms with Crippen molar-refractivity contribution in [1.29, 1.82) is 0 Å². The summed E-state index contributed by atoms with van der Waals surface area (Å²) in [5, 5.41) is 12.2. The molecule has 0 unspecified atom stereocenters. The van der Waals surface area contributed by atoms with Crippen molar-refractivity contribution in [1.82, 2.24) is 14.9 Å². The van der Waals surface area contributed by atoms with E-state index >= 15 is 4.79 Å². The quantitative estimate of drug-likeness (QED) is 0.213. The van der Waals surface area contributed by atoms with Crippen molar-refractivity contribution in [2.24, 2.45) is 23.7 Å². The third-order valence-corrected chi connectivity index (χ3v) is 11.3. The molecule has 10 nitrogen and oxygen atoms in total. The van der Waals surface area contributed by atoms with Crippen molar-refractivity contribution in [3.8, 4) is 11.5 Å². The van der Waals surface area contributed by atoms with Crippen LogP contribution in [0.25, 0.3) is 0 Å². The molecule has 3 heterocycles. The van der Waals surface area contributed by atoms with Crippen LogP contribution < -0.4 is 10.2 Å². The maximum absolute atomic E-state index is 15.2. The number of fused-ring (bicyclic) bond motifs is 4. The molecule has 1 saturated carbocycles. The van der Waals surface area contributed by atoms with Crippen LogP contribution in [0.1, 0.15) is 56.2 Å². The van der Waals surface area contributed by atoms with Crippen LogP contribution >= 0.6 is 23.2 Å². The predicted molar refractivity (Wildman–Crippen MR) is 183 cm³/mol. The number of anilines is 1. The van der Waals surface area contributed by atoms with Crippen LogP contribution in [0, 0.1) is 23.7 Å². The van der Waals surface area contributed by atoms with Gasteiger partial charge in [0.25, 0.3) is 11.8 Å². The van der Waals surface area contributed by atoms with Crippen LogP contribution in [-0.2, 0) is 30.8 Å². The molecule has 2 saturated heterocycles. The average molecular weight is 758 g/mol. The van der Waals surface area contributed by atoms with Crippen molar-refractivity contribution in [3.63, 3.8) is 0 Å². The Morgan fingerprint density at radius 1 is 0.962 bits per heavy atom. The van der Waals surface area contributed by atoms with E-state index in [2.05, 4.69) is 10.4 Å². The number of pyridine rings is 1. The summed E-state index contributed by atoms with van der Waals surface area (Å²) in [7, 11) is 1.42. The molecule has 6 atom stereocenters. The number of nitrogens with zero attached hydrogens (tertiary/aromatic N) is 3. The molecule has 52 heavy (non-hydrogen) atoms. The van der Waals surface area contributed by atoms with Gasteiger partial charge >= 0.3 is 6.18 Å². The highest BCUT2D eigenvalue weighted by Gasteiger charge is 2.71. The molecule has 4 aliphatic rings. The molecule has 4 amide bonds. The number of nitrogens with one attached hydrogen (secondary N) is 1. The molecule has 15 heteroatoms. The number of ether oxygens (including phenoxy) is 1. The number of benzene rings is 2. The van der Waals surface area contributed by atoms with E-state index in [1.165, 1.54) is 18.1 Å². The van der Waals surface area contributed by atoms with Crippen LogP contribution in [0.2, 0.25) is 10.0 Å². The van der Waals surface area contributed by atoms with E-state index < -0.39 is 69.1 Å². The van der Waals surface area contributed by atoms with Gasteiger partial charge in [-0.15, -0.1) is 0 Å². The van der Waals surface area contributed by atoms with Gasteiger partial charge in [0, 0.05) is 34.3 Å². The number of amides is 4. The van der Waals surface area contributed by atoms with E-state index in [0.717, 1.165) is 0 Å². The first-order chi connectivity index (χ1) is 24.4. The minimum Gasteiger partial charge on any atom is -0.508 e. The Balaban J connectivity index is 1.45. The highest BCUT2D eigenvalue weighted by molar-refractivity contribution is 6.33. The minimum atomic E-state index is -4.75. The number of allylic oxidation sites excluding steroid dienone is 2. The van der Waals surface area contributed by atoms with Gasteiger partial charge < -0.3 is 9.84 Å². The Kier molecular flexibility index (Phi) is 8.41. The number of hydrogen-bond acceptors (Lipinski definition) is 8. The lowest BCUT2D eigenvalue weighted by atomic mass is 9.49. The second-order valence-corrected chi connectivity index (χ2v) is 15.4. The van der Waals surface area contributed by atoms with Crippen molar-refractivity contribution >= 4 is 52.6 Å². The van der Waals surface area contributed by atoms with Crippen LogP contribution in [-0.4, -0.2) is 56.3 Å². The maximum Gasteiger partial charge on any atom is 0.417 e. The molecule has 2 aliphatic heterocycles. The van der Waals surface area contributed by atoms with Crippen LogP contribution in [0.3, 0.4) is 0 Å². The van der Waals surface area contributed by atoms with Gasteiger partial charge in [0.2, 0.25) is 11.8 Å². The molecule has 2 aliphatic carbocycles. The number of halogens is 5. The number of phenolic OH excluding ortho intramolecular Hbond substituents is 1. The van der Waals surface area contributed by atoms with E-state index in [0.29, 0.717) is 39.2 Å². The first kappa shape index (κ1) is 35.8. The van der Waals surface area contributed by atoms with Gasteiger partial charge in [-0.3, -0.25) is 29.5 Å². The second kappa shape index (κ2) is 12.2. The summed E-state index contributed by atoms with van der Waals surface area (Å²) in [5.41, 5.74) is 0.0658. The molecular formula is C37H33Cl2F3N4O6. The lowest BCUT2D eigenvalue weighted by molar-refractivity contribution is -0.146. The van der Waals surface area contributed by atoms with Crippen molar-refractivity contribution in [2.45, 2.75) is 56.7 Å². The van der Waals surface area contributed by atoms with Gasteiger partial charge in [-0.2, -0.15) is 18.2 Å². The van der Waals surface area contributed by atoms with Crippen molar-refractivity contribution in [2.75, 3.05) is 12.5 Å². The summed E-state index contributed by atoms with van der Waals surface area (Å²) >= 11 is 12.5. The number of carbonyl (C=O) groups is 4. The monoisotopic (exact) mass is 756 g/mol. The SMILES string of the molecule is COc1ccc([C@H]2C3=CC[C@@H]4C(=O)N(C(C)(C)C)C(=O)[C@@H]4[C@@H]3C[C@H]3C(=O)N(Nc4ncc(C(F)(F)F)cc4Cl)C(=O)[C@@]23c2ccc(Cl)cc2)c(O)c1. The molecule has 2 aromatic carbocycles. The normalized spacial score (nSPS) is 27.3. The van der Waals surface area contributed by atoms with E-state index in [4.69, 9.17) is 27.9 Å². The molecule has 0 bridgehead atoms. The molecule has 0 radical (unpaired) electrons. The zero-order valence-electron chi connectivity index (χ0n) is 28.3. The summed E-state index contributed by atoms with van der Waals surface area (Å²) in [5.74, 6) is -7.11. The van der Waals surface area contributed by atoms with Crippen molar-refractivity contribution in [3.05, 3.63) is 93.1 Å². The van der Waals surface area contributed by atoms with E-state index in [9.17, 15) is 32.7 Å². The number of phenols is 1. The molecule has 3 aromatic rings. The fourth-order valence-electron chi connectivity index (χ4n) is 8.68. The third-order valence-electron chi connectivity index (χ3n) is 10.8. The smallest absolute Gasteiger partial charge is 0.417 e. The van der Waals surface area contributed by atoms with Crippen LogP contribution in [0.4, 0.5) is 19.0 Å². The lowest BCUT2D eigenvalue weighted by Gasteiger charge is -2.50. The largest absolute Gasteiger partial charge is 0.508 e. The second-order valence-electron chi connectivity index (χ2n) is 14.5. The average Bonchev–Trinajstić information content (AvgIpc) is 3.46. The number of alkyl halides is 3. The number of aromatic nitrogens is 1. The maximum atomic E-state index is 15.2. The fraction of sp³-hybridized carbons (Fsp3) is 0.378. The number of hydrazine groups is 1. The zero-order valence-corrected chi connectivity index (χ0v) is 29.8. The Bertz CT molecular complexity index is 2070. The van der Waals surface area contributed by atoms with Gasteiger partial charge in [-0.05, 0) is 69.4 Å². The molecule has 272 valence electrons. The minimum absolute atomic E-state index is 0.0447. The third kappa shape index (κ3) is 5.26. The predicted octanol–water partition coefficient (Wildman–Crippen LogP) is 6.90. The Hall–Kier alpha value is -4.62. The summed E-state index contributed by atoms with van der Waals surface area (Å²) in [4.78, 5) is 63.0. The Morgan fingerprint density at radius 3 is 2.25 bits per heavy atom. The zero-order chi connectivity index (χ0) is 37.7. The van der Waals surface area contributed by atoms with Gasteiger partial charge in [-0.1, -0.05) is 53.1 Å². The fourth-order valence-corrected chi connectivity index (χ4v) is 9.02. The molecule has 0 spiro atoms. The number of methoxy groups -OCH3 is 1. The first-order valence-corrected chi connectivity index (χ1v) is 17.2. The van der Waals surface area contributed by atoms with E-state index in [1.807, 2.05) is 6.08 Å². The van der Waals surface area contributed by atoms with Crippen molar-refractivity contribution < 1.29 is 42.2 Å². The van der Waals surface area contributed by atoms with E-state index in [-0.39, 0.29) is 41.8 Å². The number of imide groups is 2. The Morgan fingerprint density at radius 2 is 1.65 bits per heavy atom. The number of likely N-dealkylation sites (tertiary alicyclic amines) is 1. The topological polar surface area (TPSA) is 129 Å². The standard InChI is InChI=1S/C37H33Cl2F3N4O6/c1-35(2,3)45-31(48)23-12-11-21-24(28(23)33(45)50)15-25-32(49)46(44-30-26(39)13-18(16-43-30)37(40,41)42)34(51)36(25,17-5-7-19(38)8-6-17)29(21)22-10-9-20(52-4)14-27(22)47/h5-11,13-14,16,23-25,28-29,47H,12,15H2,1-4H3,(H,43,44)/t23-,24+,25-,28-,29+,36+/m0/s1.